The zero-order valence-corrected chi connectivity index (χ0v) is 9.10. The molecular formula is C10H17NO4. The molecule has 5 heteroatoms. The summed E-state index contributed by atoms with van der Waals surface area (Å²) in [4.78, 5) is 23.7. The van der Waals surface area contributed by atoms with Crippen molar-refractivity contribution < 1.29 is 19.4 Å². The summed E-state index contributed by atoms with van der Waals surface area (Å²) in [6.45, 7) is 4.90. The number of aliphatic carboxylic acids is 1. The average molecular weight is 215 g/mol. The SMILES string of the molecule is CC1CN(C(=O)CCC(=O)O)C(C)CO1. The molecule has 2 atom stereocenters. The van der Waals surface area contributed by atoms with Gasteiger partial charge >= 0.3 is 5.97 Å². The molecule has 1 N–H and O–H groups in total. The second-order valence-corrected chi connectivity index (χ2v) is 3.93. The van der Waals surface area contributed by atoms with Crippen molar-refractivity contribution in [2.45, 2.75) is 38.8 Å². The molecule has 0 aromatic heterocycles. The van der Waals surface area contributed by atoms with Crippen molar-refractivity contribution in [3.05, 3.63) is 0 Å². The molecule has 1 fully saturated rings. The molecule has 0 saturated carbocycles. The summed E-state index contributed by atoms with van der Waals surface area (Å²) in [6, 6.07) is 0.0440. The molecule has 0 aromatic rings. The zero-order chi connectivity index (χ0) is 11.4. The van der Waals surface area contributed by atoms with Crippen molar-refractivity contribution in [1.29, 1.82) is 0 Å². The molecule has 0 aromatic carbocycles. The van der Waals surface area contributed by atoms with E-state index in [-0.39, 0.29) is 30.9 Å². The number of hydrogen-bond acceptors (Lipinski definition) is 3. The van der Waals surface area contributed by atoms with Gasteiger partial charge in [-0.1, -0.05) is 0 Å². The molecule has 2 unspecified atom stereocenters. The Balaban J connectivity index is 2.45. The summed E-state index contributed by atoms with van der Waals surface area (Å²) < 4.78 is 5.39. The number of ether oxygens (including phenoxy) is 1. The lowest BCUT2D eigenvalue weighted by Crippen LogP contribution is -2.50. The molecule has 5 nitrogen and oxygen atoms in total. The van der Waals surface area contributed by atoms with E-state index in [0.717, 1.165) is 0 Å². The first kappa shape index (κ1) is 12.0. The minimum Gasteiger partial charge on any atom is -0.481 e. The third kappa shape index (κ3) is 3.51. The van der Waals surface area contributed by atoms with Gasteiger partial charge in [0.05, 0.1) is 25.2 Å². The molecule has 0 spiro atoms. The Morgan fingerprint density at radius 3 is 2.67 bits per heavy atom. The van der Waals surface area contributed by atoms with Crippen molar-refractivity contribution >= 4 is 11.9 Å². The second-order valence-electron chi connectivity index (χ2n) is 3.93. The number of rotatable bonds is 3. The molecule has 1 rings (SSSR count). The third-order valence-corrected chi connectivity index (χ3v) is 2.48. The van der Waals surface area contributed by atoms with E-state index < -0.39 is 5.97 Å². The highest BCUT2D eigenvalue weighted by Crippen LogP contribution is 2.13. The highest BCUT2D eigenvalue weighted by atomic mass is 16.5. The number of carbonyl (C=O) groups excluding carboxylic acids is 1. The van der Waals surface area contributed by atoms with E-state index in [4.69, 9.17) is 9.84 Å². The highest BCUT2D eigenvalue weighted by molar-refractivity contribution is 5.81. The maximum atomic E-state index is 11.7. The van der Waals surface area contributed by atoms with Crippen LogP contribution in [-0.4, -0.2) is 47.2 Å². The molecule has 86 valence electrons. The number of carboxylic acid groups (broad SMARTS) is 1. The predicted molar refractivity (Wildman–Crippen MR) is 53.5 cm³/mol. The molecule has 1 aliphatic heterocycles. The normalized spacial score (nSPS) is 26.4. The van der Waals surface area contributed by atoms with Crippen LogP contribution < -0.4 is 0 Å². The fourth-order valence-electron chi connectivity index (χ4n) is 1.61. The molecule has 1 saturated heterocycles. The van der Waals surface area contributed by atoms with Crippen LogP contribution in [0.4, 0.5) is 0 Å². The smallest absolute Gasteiger partial charge is 0.303 e. The Bertz CT molecular complexity index is 254. The van der Waals surface area contributed by atoms with Gasteiger partial charge in [-0.3, -0.25) is 9.59 Å². The minimum atomic E-state index is -0.933. The second kappa shape index (κ2) is 5.11. The van der Waals surface area contributed by atoms with Gasteiger partial charge in [0.15, 0.2) is 0 Å². The summed E-state index contributed by atoms with van der Waals surface area (Å²) in [7, 11) is 0. The molecule has 0 bridgehead atoms. The van der Waals surface area contributed by atoms with Crippen LogP contribution >= 0.6 is 0 Å². The van der Waals surface area contributed by atoms with Gasteiger partial charge in [0.25, 0.3) is 0 Å². The van der Waals surface area contributed by atoms with Gasteiger partial charge < -0.3 is 14.7 Å². The summed E-state index contributed by atoms with van der Waals surface area (Å²) in [5.41, 5.74) is 0. The quantitative estimate of drug-likeness (QED) is 0.744. The molecule has 1 amide bonds. The fourth-order valence-corrected chi connectivity index (χ4v) is 1.61. The predicted octanol–water partition coefficient (Wildman–Crippen LogP) is 0.487. The number of hydrogen-bond donors (Lipinski definition) is 1. The van der Waals surface area contributed by atoms with Crippen LogP contribution in [-0.2, 0) is 14.3 Å². The van der Waals surface area contributed by atoms with Gasteiger partial charge in [0.2, 0.25) is 5.91 Å². The fraction of sp³-hybridized carbons (Fsp3) is 0.800. The zero-order valence-electron chi connectivity index (χ0n) is 9.10. The molecule has 15 heavy (non-hydrogen) atoms. The van der Waals surface area contributed by atoms with E-state index in [1.807, 2.05) is 13.8 Å². The Morgan fingerprint density at radius 1 is 1.40 bits per heavy atom. The Morgan fingerprint density at radius 2 is 2.07 bits per heavy atom. The average Bonchev–Trinajstić information content (AvgIpc) is 2.18. The van der Waals surface area contributed by atoms with Crippen molar-refractivity contribution in [3.8, 4) is 0 Å². The third-order valence-electron chi connectivity index (χ3n) is 2.48. The monoisotopic (exact) mass is 215 g/mol. The Hall–Kier alpha value is -1.10. The van der Waals surface area contributed by atoms with Gasteiger partial charge in [-0.2, -0.15) is 0 Å². The van der Waals surface area contributed by atoms with Crippen molar-refractivity contribution in [1.82, 2.24) is 4.90 Å². The van der Waals surface area contributed by atoms with E-state index >= 15 is 0 Å². The standard InChI is InChI=1S/C10H17NO4/c1-7-6-15-8(2)5-11(7)9(12)3-4-10(13)14/h7-8H,3-6H2,1-2H3,(H,13,14). The van der Waals surface area contributed by atoms with Crippen LogP contribution in [0, 0.1) is 0 Å². The molecular weight excluding hydrogens is 198 g/mol. The minimum absolute atomic E-state index is 0.0370. The van der Waals surface area contributed by atoms with E-state index in [9.17, 15) is 9.59 Å². The summed E-state index contributed by atoms with van der Waals surface area (Å²) in [5, 5.41) is 8.48. The Kier molecular flexibility index (Phi) is 4.08. The first-order valence-electron chi connectivity index (χ1n) is 5.13. The maximum absolute atomic E-state index is 11.7. The number of carbonyl (C=O) groups is 2. The highest BCUT2D eigenvalue weighted by Gasteiger charge is 2.27. The van der Waals surface area contributed by atoms with Gasteiger partial charge in [-0.15, -0.1) is 0 Å². The number of carboxylic acids is 1. The van der Waals surface area contributed by atoms with Crippen LogP contribution in [0.25, 0.3) is 0 Å². The molecule has 0 aliphatic carbocycles. The van der Waals surface area contributed by atoms with Crippen molar-refractivity contribution in [2.75, 3.05) is 13.2 Å². The van der Waals surface area contributed by atoms with E-state index in [0.29, 0.717) is 13.2 Å². The van der Waals surface area contributed by atoms with E-state index in [2.05, 4.69) is 0 Å². The Labute approximate surface area is 89.0 Å². The number of nitrogens with zero attached hydrogens (tertiary/aromatic N) is 1. The lowest BCUT2D eigenvalue weighted by atomic mass is 10.1. The topological polar surface area (TPSA) is 66.8 Å². The number of amides is 1. The van der Waals surface area contributed by atoms with Crippen LogP contribution in [0.1, 0.15) is 26.7 Å². The number of morpholine rings is 1. The lowest BCUT2D eigenvalue weighted by Gasteiger charge is -2.36. The summed E-state index contributed by atoms with van der Waals surface area (Å²) in [6.07, 6.45) is 0.0129. The maximum Gasteiger partial charge on any atom is 0.303 e. The molecule has 0 radical (unpaired) electrons. The van der Waals surface area contributed by atoms with Crippen LogP contribution in [0.2, 0.25) is 0 Å². The van der Waals surface area contributed by atoms with Gasteiger partial charge in [-0.05, 0) is 13.8 Å². The first-order chi connectivity index (χ1) is 7.00. The van der Waals surface area contributed by atoms with Gasteiger partial charge in [0, 0.05) is 13.0 Å². The summed E-state index contributed by atoms with van der Waals surface area (Å²) in [5.74, 6) is -1.03. The van der Waals surface area contributed by atoms with E-state index in [1.54, 1.807) is 4.90 Å². The first-order valence-corrected chi connectivity index (χ1v) is 5.13. The largest absolute Gasteiger partial charge is 0.481 e. The van der Waals surface area contributed by atoms with Crippen LogP contribution in [0.3, 0.4) is 0 Å². The summed E-state index contributed by atoms with van der Waals surface area (Å²) >= 11 is 0. The van der Waals surface area contributed by atoms with E-state index in [1.165, 1.54) is 0 Å². The molecule has 1 aliphatic rings. The lowest BCUT2D eigenvalue weighted by molar-refractivity contribution is -0.147. The molecule has 1 heterocycles. The van der Waals surface area contributed by atoms with Crippen molar-refractivity contribution in [3.63, 3.8) is 0 Å². The van der Waals surface area contributed by atoms with Crippen LogP contribution in [0.15, 0.2) is 0 Å². The van der Waals surface area contributed by atoms with Gasteiger partial charge in [0.1, 0.15) is 0 Å². The van der Waals surface area contributed by atoms with Gasteiger partial charge in [-0.25, -0.2) is 0 Å². The van der Waals surface area contributed by atoms with Crippen molar-refractivity contribution in [2.24, 2.45) is 0 Å². The van der Waals surface area contributed by atoms with Crippen LogP contribution in [0.5, 0.6) is 0 Å².